The van der Waals surface area contributed by atoms with Crippen LogP contribution < -0.4 is 0 Å². The van der Waals surface area contributed by atoms with Gasteiger partial charge in [-0.1, -0.05) is 32.6 Å². The monoisotopic (exact) mass is 253 g/mol. The molecule has 102 valence electrons. The summed E-state index contributed by atoms with van der Waals surface area (Å²) in [6, 6.07) is 0. The van der Waals surface area contributed by atoms with Gasteiger partial charge in [0, 0.05) is 12.8 Å². The molecule has 0 atom stereocenters. The predicted molar refractivity (Wildman–Crippen MR) is 67.8 cm³/mol. The smallest absolute Gasteiger partial charge is 0.229 e. The van der Waals surface area contributed by atoms with E-state index in [-0.39, 0.29) is 24.3 Å². The van der Waals surface area contributed by atoms with Crippen molar-refractivity contribution in [1.29, 1.82) is 0 Å². The van der Waals surface area contributed by atoms with Crippen molar-refractivity contribution in [3.8, 4) is 0 Å². The molecule has 2 aliphatic rings. The number of hydrogen-bond donors (Lipinski definition) is 1. The normalized spacial score (nSPS) is 26.2. The number of nitrogens with zero attached hydrogens (tertiary/aromatic N) is 1. The number of piperidine rings is 1. The maximum atomic E-state index is 11.9. The number of rotatable bonds is 2. The standard InChI is InChI=1S/C14H23NO3/c1-11-8-12(16)15(13(17)9-11)10-14(18)6-4-2-3-5-7-14/h11,18H,2-10H2,1H3. The zero-order valence-corrected chi connectivity index (χ0v) is 11.2. The molecule has 0 spiro atoms. The summed E-state index contributed by atoms with van der Waals surface area (Å²) in [7, 11) is 0. The minimum atomic E-state index is -0.845. The maximum Gasteiger partial charge on any atom is 0.229 e. The van der Waals surface area contributed by atoms with Crippen molar-refractivity contribution in [2.45, 2.75) is 63.9 Å². The lowest BCUT2D eigenvalue weighted by Crippen LogP contribution is -2.51. The van der Waals surface area contributed by atoms with Crippen LogP contribution in [0.1, 0.15) is 58.3 Å². The van der Waals surface area contributed by atoms with Crippen molar-refractivity contribution in [1.82, 2.24) is 4.90 Å². The lowest BCUT2D eigenvalue weighted by molar-refractivity contribution is -0.154. The second kappa shape index (κ2) is 5.39. The van der Waals surface area contributed by atoms with Crippen LogP contribution in [0.5, 0.6) is 0 Å². The molecule has 1 saturated heterocycles. The molecule has 1 heterocycles. The first kappa shape index (κ1) is 13.5. The van der Waals surface area contributed by atoms with E-state index in [1.54, 1.807) is 0 Å². The van der Waals surface area contributed by atoms with E-state index >= 15 is 0 Å². The Hall–Kier alpha value is -0.900. The van der Waals surface area contributed by atoms with Crippen molar-refractivity contribution in [2.24, 2.45) is 5.92 Å². The second-order valence-electron chi connectivity index (χ2n) is 6.03. The van der Waals surface area contributed by atoms with E-state index in [1.807, 2.05) is 6.92 Å². The number of carbonyl (C=O) groups is 2. The molecule has 0 aromatic rings. The van der Waals surface area contributed by atoms with E-state index in [4.69, 9.17) is 0 Å². The fourth-order valence-corrected chi connectivity index (χ4v) is 3.04. The highest BCUT2D eigenvalue weighted by molar-refractivity contribution is 5.97. The van der Waals surface area contributed by atoms with Gasteiger partial charge in [0.05, 0.1) is 12.1 Å². The molecular weight excluding hydrogens is 230 g/mol. The van der Waals surface area contributed by atoms with Gasteiger partial charge in [-0.25, -0.2) is 0 Å². The van der Waals surface area contributed by atoms with Gasteiger partial charge >= 0.3 is 0 Å². The Morgan fingerprint density at radius 3 is 2.11 bits per heavy atom. The lowest BCUT2D eigenvalue weighted by Gasteiger charge is -2.35. The predicted octanol–water partition coefficient (Wildman–Crippen LogP) is 1.86. The number of imide groups is 1. The zero-order chi connectivity index (χ0) is 13.2. The average molecular weight is 253 g/mol. The SMILES string of the molecule is CC1CC(=O)N(CC2(O)CCCCCC2)C(=O)C1. The van der Waals surface area contributed by atoms with E-state index < -0.39 is 5.60 Å². The van der Waals surface area contributed by atoms with Gasteiger partial charge in [-0.15, -0.1) is 0 Å². The highest BCUT2D eigenvalue weighted by Gasteiger charge is 2.37. The molecule has 0 aromatic heterocycles. The van der Waals surface area contributed by atoms with Gasteiger partial charge in [-0.05, 0) is 18.8 Å². The molecule has 0 bridgehead atoms. The number of carbonyl (C=O) groups excluding carboxylic acids is 2. The minimum absolute atomic E-state index is 0.114. The van der Waals surface area contributed by atoms with Gasteiger partial charge < -0.3 is 5.11 Å². The summed E-state index contributed by atoms with van der Waals surface area (Å²) < 4.78 is 0. The Morgan fingerprint density at radius 1 is 1.11 bits per heavy atom. The van der Waals surface area contributed by atoms with Crippen LogP contribution >= 0.6 is 0 Å². The molecule has 18 heavy (non-hydrogen) atoms. The van der Waals surface area contributed by atoms with E-state index in [2.05, 4.69) is 0 Å². The summed E-state index contributed by atoms with van der Waals surface area (Å²) in [4.78, 5) is 25.1. The Morgan fingerprint density at radius 2 is 1.61 bits per heavy atom. The lowest BCUT2D eigenvalue weighted by atomic mass is 9.91. The van der Waals surface area contributed by atoms with Gasteiger partial charge in [-0.3, -0.25) is 14.5 Å². The van der Waals surface area contributed by atoms with Gasteiger partial charge in [0.25, 0.3) is 0 Å². The number of aliphatic hydroxyl groups is 1. The topological polar surface area (TPSA) is 57.6 Å². The molecule has 0 unspecified atom stereocenters. The average Bonchev–Trinajstić information content (AvgIpc) is 2.49. The maximum absolute atomic E-state index is 11.9. The van der Waals surface area contributed by atoms with Crippen molar-refractivity contribution in [2.75, 3.05) is 6.54 Å². The van der Waals surface area contributed by atoms with Gasteiger partial charge in [0.2, 0.25) is 11.8 Å². The van der Waals surface area contributed by atoms with E-state index in [1.165, 1.54) is 4.90 Å². The van der Waals surface area contributed by atoms with Gasteiger partial charge in [0.15, 0.2) is 0 Å². The number of hydrogen-bond acceptors (Lipinski definition) is 3. The van der Waals surface area contributed by atoms with Crippen LogP contribution in [0.2, 0.25) is 0 Å². The highest BCUT2D eigenvalue weighted by Crippen LogP contribution is 2.29. The Balaban J connectivity index is 2.02. The molecule has 2 rings (SSSR count). The van der Waals surface area contributed by atoms with Crippen LogP contribution in [0.15, 0.2) is 0 Å². The van der Waals surface area contributed by atoms with Crippen LogP contribution in [-0.2, 0) is 9.59 Å². The van der Waals surface area contributed by atoms with Crippen LogP contribution in [0.3, 0.4) is 0 Å². The number of likely N-dealkylation sites (tertiary alicyclic amines) is 1. The van der Waals surface area contributed by atoms with Crippen molar-refractivity contribution >= 4 is 11.8 Å². The molecular formula is C14H23NO3. The molecule has 1 aliphatic carbocycles. The minimum Gasteiger partial charge on any atom is -0.388 e. The van der Waals surface area contributed by atoms with Gasteiger partial charge in [-0.2, -0.15) is 0 Å². The van der Waals surface area contributed by atoms with Crippen LogP contribution in [0.25, 0.3) is 0 Å². The first-order chi connectivity index (χ1) is 8.50. The molecule has 0 aromatic carbocycles. The summed E-state index contributed by atoms with van der Waals surface area (Å²) in [5.74, 6) is -0.0853. The Labute approximate surface area is 108 Å². The molecule has 2 amide bonds. The summed E-state index contributed by atoms with van der Waals surface area (Å²) in [6.45, 7) is 2.13. The van der Waals surface area contributed by atoms with E-state index in [9.17, 15) is 14.7 Å². The third-order valence-corrected chi connectivity index (χ3v) is 4.13. The van der Waals surface area contributed by atoms with Crippen molar-refractivity contribution in [3.63, 3.8) is 0 Å². The molecule has 1 saturated carbocycles. The van der Waals surface area contributed by atoms with Crippen LogP contribution in [0, 0.1) is 5.92 Å². The van der Waals surface area contributed by atoms with Crippen molar-refractivity contribution < 1.29 is 14.7 Å². The molecule has 4 heteroatoms. The fourth-order valence-electron chi connectivity index (χ4n) is 3.04. The molecule has 1 aliphatic heterocycles. The molecule has 4 nitrogen and oxygen atoms in total. The summed E-state index contributed by atoms with van der Waals surface area (Å²) in [6.07, 6.45) is 6.54. The zero-order valence-electron chi connectivity index (χ0n) is 11.2. The number of amides is 2. The Kier molecular flexibility index (Phi) is 4.05. The van der Waals surface area contributed by atoms with Crippen molar-refractivity contribution in [3.05, 3.63) is 0 Å². The highest BCUT2D eigenvalue weighted by atomic mass is 16.3. The van der Waals surface area contributed by atoms with E-state index in [0.717, 1.165) is 25.7 Å². The first-order valence-electron chi connectivity index (χ1n) is 7.06. The second-order valence-corrected chi connectivity index (χ2v) is 6.03. The third kappa shape index (κ3) is 3.10. The number of β-amino-alcohol motifs (C(OH)–C–C–N with tert-alkyl or cyclic N) is 1. The van der Waals surface area contributed by atoms with Crippen LogP contribution in [0.4, 0.5) is 0 Å². The molecule has 0 radical (unpaired) electrons. The summed E-state index contributed by atoms with van der Waals surface area (Å²) in [5, 5.41) is 10.6. The quantitative estimate of drug-likeness (QED) is 0.603. The van der Waals surface area contributed by atoms with E-state index in [0.29, 0.717) is 25.7 Å². The largest absolute Gasteiger partial charge is 0.388 e. The summed E-state index contributed by atoms with van der Waals surface area (Å²) >= 11 is 0. The first-order valence-corrected chi connectivity index (χ1v) is 7.06. The fraction of sp³-hybridized carbons (Fsp3) is 0.857. The van der Waals surface area contributed by atoms with Crippen LogP contribution in [-0.4, -0.2) is 34.0 Å². The summed E-state index contributed by atoms with van der Waals surface area (Å²) in [5.41, 5.74) is -0.845. The third-order valence-electron chi connectivity index (χ3n) is 4.13. The molecule has 1 N–H and O–H groups in total. The Bertz CT molecular complexity index is 314. The van der Waals surface area contributed by atoms with Gasteiger partial charge in [0.1, 0.15) is 0 Å². The molecule has 2 fully saturated rings.